The van der Waals surface area contributed by atoms with E-state index in [0.717, 1.165) is 21.9 Å². The van der Waals surface area contributed by atoms with Gasteiger partial charge in [0, 0.05) is 33.2 Å². The lowest BCUT2D eigenvalue weighted by molar-refractivity contribution is 0.669. The minimum Gasteiger partial charge on any atom is -0.456 e. The quantitative estimate of drug-likeness (QED) is 0.186. The van der Waals surface area contributed by atoms with Crippen molar-refractivity contribution in [1.29, 1.82) is 0 Å². The van der Waals surface area contributed by atoms with Crippen molar-refractivity contribution >= 4 is 43.7 Å². The maximum Gasteiger partial charge on any atom is 0.135 e. The summed E-state index contributed by atoms with van der Waals surface area (Å²) in [6, 6.07) is 66.3. The molecule has 1 unspecified atom stereocenters. The Morgan fingerprint density at radius 3 is 1.88 bits per heavy atom. The SMILES string of the molecule is c1ccc(-n2c3ccccc3c3cc(-c4ccc5c(c4)-c4ccccc4C5c4ccc(-c5ccc6oc7ccccc7c6c5)cc4)ccc32)cc1. The fourth-order valence-corrected chi connectivity index (χ4v) is 8.52. The van der Waals surface area contributed by atoms with Crippen molar-refractivity contribution in [3.05, 3.63) is 199 Å². The second-order valence-electron chi connectivity index (χ2n) is 13.7. The number of fused-ring (bicyclic) bond motifs is 9. The Hall–Kier alpha value is -6.64. The Kier molecular flexibility index (Phi) is 6.05. The van der Waals surface area contributed by atoms with Crippen molar-refractivity contribution in [2.75, 3.05) is 0 Å². The third kappa shape index (κ3) is 4.30. The van der Waals surface area contributed by atoms with Crippen molar-refractivity contribution in [2.45, 2.75) is 5.92 Å². The van der Waals surface area contributed by atoms with Crippen LogP contribution in [0.1, 0.15) is 22.6 Å². The molecule has 51 heavy (non-hydrogen) atoms. The molecule has 2 heterocycles. The highest BCUT2D eigenvalue weighted by molar-refractivity contribution is 6.10. The molecule has 1 aliphatic carbocycles. The number of para-hydroxylation sites is 3. The van der Waals surface area contributed by atoms with Crippen LogP contribution in [-0.2, 0) is 0 Å². The van der Waals surface area contributed by atoms with Crippen LogP contribution in [0.2, 0.25) is 0 Å². The molecule has 10 aromatic rings. The van der Waals surface area contributed by atoms with E-state index in [2.05, 4.69) is 174 Å². The summed E-state index contributed by atoms with van der Waals surface area (Å²) in [5.74, 6) is 0.186. The van der Waals surface area contributed by atoms with Crippen LogP contribution in [0.5, 0.6) is 0 Å². The molecule has 238 valence electrons. The normalized spacial score (nSPS) is 13.7. The fraction of sp³-hybridized carbons (Fsp3) is 0.0204. The summed E-state index contributed by atoms with van der Waals surface area (Å²) >= 11 is 0. The molecule has 0 fully saturated rings. The Balaban J connectivity index is 0.985. The topological polar surface area (TPSA) is 18.1 Å². The van der Waals surface area contributed by atoms with E-state index in [9.17, 15) is 0 Å². The van der Waals surface area contributed by atoms with Gasteiger partial charge in [-0.15, -0.1) is 0 Å². The first-order valence-electron chi connectivity index (χ1n) is 17.6. The zero-order valence-electron chi connectivity index (χ0n) is 27.8. The predicted molar refractivity (Wildman–Crippen MR) is 212 cm³/mol. The van der Waals surface area contributed by atoms with E-state index in [0.29, 0.717) is 0 Å². The maximum atomic E-state index is 6.09. The van der Waals surface area contributed by atoms with Crippen molar-refractivity contribution in [1.82, 2.24) is 4.57 Å². The highest BCUT2D eigenvalue weighted by atomic mass is 16.3. The standard InChI is InChI=1S/C49H31NO/c1-2-10-36(11-3-1)50-45-16-8-6-13-38(45)43-29-35(23-26-46(43)50)34-22-25-41-42(28-34)37-12-4-5-15-40(37)49(41)32-20-18-31(19-21-32)33-24-27-48-44(30-33)39-14-7-9-17-47(39)51-48/h1-30,49H. The van der Waals surface area contributed by atoms with Crippen LogP contribution in [0.25, 0.3) is 82.8 Å². The molecule has 0 saturated heterocycles. The van der Waals surface area contributed by atoms with Crippen LogP contribution >= 0.6 is 0 Å². The minimum atomic E-state index is 0.186. The molecule has 1 atom stereocenters. The number of rotatable bonds is 4. The van der Waals surface area contributed by atoms with E-state index in [-0.39, 0.29) is 5.92 Å². The second kappa shape index (κ2) is 10.9. The molecule has 0 radical (unpaired) electrons. The Bertz CT molecular complexity index is 2960. The summed E-state index contributed by atoms with van der Waals surface area (Å²) in [6.45, 7) is 0. The molecule has 2 heteroatoms. The Morgan fingerprint density at radius 1 is 0.373 bits per heavy atom. The first kappa shape index (κ1) is 28.2. The summed E-state index contributed by atoms with van der Waals surface area (Å²) in [6.07, 6.45) is 0. The van der Waals surface area contributed by atoms with Gasteiger partial charge in [-0.1, -0.05) is 127 Å². The van der Waals surface area contributed by atoms with Gasteiger partial charge in [-0.3, -0.25) is 0 Å². The number of aromatic nitrogens is 1. The average Bonchev–Trinajstić information content (AvgIpc) is 3.85. The van der Waals surface area contributed by atoms with Crippen molar-refractivity contribution in [2.24, 2.45) is 0 Å². The van der Waals surface area contributed by atoms with Gasteiger partial charge >= 0.3 is 0 Å². The molecule has 1 aliphatic rings. The van der Waals surface area contributed by atoms with Gasteiger partial charge in [0.1, 0.15) is 11.2 Å². The molecule has 2 nitrogen and oxygen atoms in total. The van der Waals surface area contributed by atoms with E-state index >= 15 is 0 Å². The molecular formula is C49H31NO. The summed E-state index contributed by atoms with van der Waals surface area (Å²) in [5.41, 5.74) is 17.0. The lowest BCUT2D eigenvalue weighted by Gasteiger charge is -2.16. The molecule has 0 bridgehead atoms. The van der Waals surface area contributed by atoms with Crippen LogP contribution in [0.4, 0.5) is 0 Å². The summed E-state index contributed by atoms with van der Waals surface area (Å²) in [5, 5.41) is 4.85. The molecule has 0 aliphatic heterocycles. The third-order valence-electron chi connectivity index (χ3n) is 10.9. The summed E-state index contributed by atoms with van der Waals surface area (Å²) in [7, 11) is 0. The first-order valence-corrected chi connectivity index (χ1v) is 17.6. The monoisotopic (exact) mass is 649 g/mol. The van der Waals surface area contributed by atoms with Crippen LogP contribution in [-0.4, -0.2) is 4.57 Å². The lowest BCUT2D eigenvalue weighted by Crippen LogP contribution is -1.99. The van der Waals surface area contributed by atoms with Crippen molar-refractivity contribution in [3.8, 4) is 39.1 Å². The molecule has 11 rings (SSSR count). The number of hydrogen-bond acceptors (Lipinski definition) is 1. The number of furan rings is 1. The lowest BCUT2D eigenvalue weighted by atomic mass is 9.88. The van der Waals surface area contributed by atoms with Gasteiger partial charge in [0.2, 0.25) is 0 Å². The zero-order valence-corrected chi connectivity index (χ0v) is 27.8. The molecule has 0 N–H and O–H groups in total. The largest absolute Gasteiger partial charge is 0.456 e. The molecule has 2 aromatic heterocycles. The third-order valence-corrected chi connectivity index (χ3v) is 10.9. The van der Waals surface area contributed by atoms with Crippen LogP contribution in [0, 0.1) is 0 Å². The molecule has 8 aromatic carbocycles. The van der Waals surface area contributed by atoms with Crippen LogP contribution < -0.4 is 0 Å². The highest BCUT2D eigenvalue weighted by Crippen LogP contribution is 2.49. The van der Waals surface area contributed by atoms with E-state index in [1.54, 1.807) is 0 Å². The number of nitrogens with zero attached hydrogens (tertiary/aromatic N) is 1. The van der Waals surface area contributed by atoms with E-state index in [1.807, 2.05) is 12.1 Å². The fourth-order valence-electron chi connectivity index (χ4n) is 8.52. The first-order chi connectivity index (χ1) is 25.3. The average molecular weight is 650 g/mol. The second-order valence-corrected chi connectivity index (χ2v) is 13.7. The van der Waals surface area contributed by atoms with Crippen molar-refractivity contribution < 1.29 is 4.42 Å². The van der Waals surface area contributed by atoms with E-state index < -0.39 is 0 Å². The van der Waals surface area contributed by atoms with Gasteiger partial charge in [-0.05, 0) is 105 Å². The van der Waals surface area contributed by atoms with E-state index in [4.69, 9.17) is 4.42 Å². The van der Waals surface area contributed by atoms with Gasteiger partial charge in [-0.2, -0.15) is 0 Å². The Labute approximate surface area is 295 Å². The molecule has 0 saturated carbocycles. The van der Waals surface area contributed by atoms with Gasteiger partial charge in [0.25, 0.3) is 0 Å². The predicted octanol–water partition coefficient (Wildman–Crippen LogP) is 13.2. The van der Waals surface area contributed by atoms with Crippen molar-refractivity contribution in [3.63, 3.8) is 0 Å². The molecular weight excluding hydrogens is 619 g/mol. The van der Waals surface area contributed by atoms with Crippen LogP contribution in [0.15, 0.2) is 186 Å². The molecule has 0 spiro atoms. The number of benzene rings is 8. The smallest absolute Gasteiger partial charge is 0.135 e. The van der Waals surface area contributed by atoms with Gasteiger partial charge < -0.3 is 8.98 Å². The van der Waals surface area contributed by atoms with Gasteiger partial charge in [-0.25, -0.2) is 0 Å². The van der Waals surface area contributed by atoms with Gasteiger partial charge in [0.15, 0.2) is 0 Å². The maximum absolute atomic E-state index is 6.09. The summed E-state index contributed by atoms with van der Waals surface area (Å²) in [4.78, 5) is 0. The molecule has 0 amide bonds. The Morgan fingerprint density at radius 2 is 0.980 bits per heavy atom. The minimum absolute atomic E-state index is 0.186. The van der Waals surface area contributed by atoms with Crippen LogP contribution in [0.3, 0.4) is 0 Å². The van der Waals surface area contributed by atoms with E-state index in [1.165, 1.54) is 77.6 Å². The van der Waals surface area contributed by atoms with Gasteiger partial charge in [0.05, 0.1) is 11.0 Å². The highest BCUT2D eigenvalue weighted by Gasteiger charge is 2.30. The summed E-state index contributed by atoms with van der Waals surface area (Å²) < 4.78 is 8.46. The number of hydrogen-bond donors (Lipinski definition) is 0. The zero-order chi connectivity index (χ0) is 33.5.